The van der Waals surface area contributed by atoms with Gasteiger partial charge in [0.05, 0.1) is 12.1 Å². The van der Waals surface area contributed by atoms with Gasteiger partial charge in [-0.15, -0.1) is 11.3 Å². The third kappa shape index (κ3) is 4.87. The van der Waals surface area contributed by atoms with Crippen molar-refractivity contribution in [3.63, 3.8) is 0 Å². The number of nitrogens with zero attached hydrogens (tertiary/aromatic N) is 2. The number of thiophene rings is 1. The molecule has 0 aliphatic carbocycles. The SMILES string of the molecule is Cc1ccc(CN(C)CC(=O)Nc2sc3c(c2C#N)CC(C)(C)NC3(C)C)cc1. The van der Waals surface area contributed by atoms with E-state index in [0.29, 0.717) is 17.1 Å². The second-order valence-electron chi connectivity index (χ2n) is 9.24. The Morgan fingerprint density at radius 3 is 2.55 bits per heavy atom. The molecule has 0 saturated heterocycles. The molecule has 1 amide bonds. The van der Waals surface area contributed by atoms with Crippen LogP contribution in [0.15, 0.2) is 24.3 Å². The van der Waals surface area contributed by atoms with Gasteiger partial charge in [0, 0.05) is 22.5 Å². The van der Waals surface area contributed by atoms with Crippen LogP contribution in [0.25, 0.3) is 0 Å². The summed E-state index contributed by atoms with van der Waals surface area (Å²) in [5.41, 5.74) is 3.74. The maximum Gasteiger partial charge on any atom is 0.239 e. The number of aryl methyl sites for hydroxylation is 1. The lowest BCUT2D eigenvalue weighted by molar-refractivity contribution is -0.117. The van der Waals surface area contributed by atoms with Gasteiger partial charge in [0.25, 0.3) is 0 Å². The number of anilines is 1. The highest BCUT2D eigenvalue weighted by Crippen LogP contribution is 2.44. The predicted molar refractivity (Wildman–Crippen MR) is 119 cm³/mol. The van der Waals surface area contributed by atoms with Crippen LogP contribution in [0.2, 0.25) is 0 Å². The van der Waals surface area contributed by atoms with Gasteiger partial charge in [-0.05, 0) is 59.2 Å². The molecule has 0 unspecified atom stereocenters. The van der Waals surface area contributed by atoms with Gasteiger partial charge >= 0.3 is 0 Å². The van der Waals surface area contributed by atoms with Crippen molar-refractivity contribution < 1.29 is 4.79 Å². The van der Waals surface area contributed by atoms with Crippen molar-refractivity contribution in [2.75, 3.05) is 18.9 Å². The zero-order valence-electron chi connectivity index (χ0n) is 18.1. The Bertz CT molecular complexity index is 950. The fraction of sp³-hybridized carbons (Fsp3) is 0.478. The quantitative estimate of drug-likeness (QED) is 0.777. The van der Waals surface area contributed by atoms with Crippen molar-refractivity contribution in [3.8, 4) is 6.07 Å². The maximum atomic E-state index is 12.7. The van der Waals surface area contributed by atoms with Crippen molar-refractivity contribution in [1.29, 1.82) is 5.26 Å². The Labute approximate surface area is 177 Å². The molecule has 5 nitrogen and oxygen atoms in total. The summed E-state index contributed by atoms with van der Waals surface area (Å²) >= 11 is 1.52. The van der Waals surface area contributed by atoms with E-state index in [4.69, 9.17) is 0 Å². The first kappa shape index (κ1) is 21.5. The minimum Gasteiger partial charge on any atom is -0.315 e. The molecule has 1 aliphatic rings. The van der Waals surface area contributed by atoms with Gasteiger partial charge in [-0.3, -0.25) is 9.69 Å². The monoisotopic (exact) mass is 410 g/mol. The highest BCUT2D eigenvalue weighted by atomic mass is 32.1. The van der Waals surface area contributed by atoms with Crippen LogP contribution in [0.3, 0.4) is 0 Å². The van der Waals surface area contributed by atoms with Crippen LogP contribution in [-0.4, -0.2) is 29.9 Å². The average Bonchev–Trinajstić information content (AvgIpc) is 2.92. The molecule has 0 saturated carbocycles. The summed E-state index contributed by atoms with van der Waals surface area (Å²) in [4.78, 5) is 15.8. The lowest BCUT2D eigenvalue weighted by Gasteiger charge is -2.42. The van der Waals surface area contributed by atoms with E-state index in [1.165, 1.54) is 22.5 Å². The van der Waals surface area contributed by atoms with E-state index in [2.05, 4.69) is 75.6 Å². The van der Waals surface area contributed by atoms with Crippen molar-refractivity contribution in [2.24, 2.45) is 0 Å². The van der Waals surface area contributed by atoms with E-state index in [9.17, 15) is 10.1 Å². The normalized spacial score (nSPS) is 16.9. The molecule has 1 aromatic carbocycles. The lowest BCUT2D eigenvalue weighted by atomic mass is 9.81. The zero-order chi connectivity index (χ0) is 21.4. The Hall–Kier alpha value is -2.20. The van der Waals surface area contributed by atoms with Crippen molar-refractivity contribution in [3.05, 3.63) is 51.4 Å². The Balaban J connectivity index is 1.73. The maximum absolute atomic E-state index is 12.7. The first-order valence-electron chi connectivity index (χ1n) is 9.90. The second kappa shape index (κ2) is 7.91. The summed E-state index contributed by atoms with van der Waals surface area (Å²) < 4.78 is 0. The molecule has 154 valence electrons. The number of hydrogen-bond acceptors (Lipinski definition) is 5. The number of amides is 1. The van der Waals surface area contributed by atoms with E-state index >= 15 is 0 Å². The predicted octanol–water partition coefficient (Wildman–Crippen LogP) is 4.16. The molecule has 6 heteroatoms. The van der Waals surface area contributed by atoms with Gasteiger partial charge in [0.15, 0.2) is 0 Å². The number of rotatable bonds is 5. The highest BCUT2D eigenvalue weighted by Gasteiger charge is 2.40. The molecule has 2 aromatic rings. The number of fused-ring (bicyclic) bond motifs is 1. The van der Waals surface area contributed by atoms with E-state index < -0.39 is 0 Å². The molecule has 0 fully saturated rings. The number of carbonyl (C=O) groups excluding carboxylic acids is 1. The van der Waals surface area contributed by atoms with Crippen LogP contribution in [0.1, 0.15) is 54.8 Å². The summed E-state index contributed by atoms with van der Waals surface area (Å²) in [6.07, 6.45) is 0.772. The summed E-state index contributed by atoms with van der Waals surface area (Å²) in [6, 6.07) is 10.7. The molecule has 2 N–H and O–H groups in total. The Morgan fingerprint density at radius 2 is 1.93 bits per heavy atom. The van der Waals surface area contributed by atoms with E-state index in [1.807, 2.05) is 11.9 Å². The number of likely N-dealkylation sites (N-methyl/N-ethyl adjacent to an activating group) is 1. The molecule has 0 bridgehead atoms. The number of carbonyl (C=O) groups is 1. The summed E-state index contributed by atoms with van der Waals surface area (Å²) in [5.74, 6) is -0.0975. The molecular weight excluding hydrogens is 380 g/mol. The Kier molecular flexibility index (Phi) is 5.86. The van der Waals surface area contributed by atoms with Crippen LogP contribution in [0.5, 0.6) is 0 Å². The zero-order valence-corrected chi connectivity index (χ0v) is 19.0. The standard InChI is InChI=1S/C23H30N4OS/c1-15-7-9-16(10-8-15)13-27(6)14-19(28)25-21-18(12-24)17-11-22(2,3)26-23(4,5)20(17)29-21/h7-10,26H,11,13-14H2,1-6H3,(H,25,28). The highest BCUT2D eigenvalue weighted by molar-refractivity contribution is 7.17. The van der Waals surface area contributed by atoms with Crippen LogP contribution in [-0.2, 0) is 23.3 Å². The molecule has 0 spiro atoms. The first-order valence-corrected chi connectivity index (χ1v) is 10.7. The van der Waals surface area contributed by atoms with Gasteiger partial charge in [0.2, 0.25) is 5.91 Å². The minimum atomic E-state index is -0.238. The van der Waals surface area contributed by atoms with Gasteiger partial charge < -0.3 is 10.6 Å². The van der Waals surface area contributed by atoms with Crippen LogP contribution < -0.4 is 10.6 Å². The summed E-state index contributed by atoms with van der Waals surface area (Å²) in [7, 11) is 1.93. The topological polar surface area (TPSA) is 68.2 Å². The van der Waals surface area contributed by atoms with Crippen molar-refractivity contribution in [1.82, 2.24) is 10.2 Å². The molecule has 0 radical (unpaired) electrons. The second-order valence-corrected chi connectivity index (χ2v) is 10.3. The molecule has 29 heavy (non-hydrogen) atoms. The van der Waals surface area contributed by atoms with E-state index in [-0.39, 0.29) is 23.5 Å². The summed E-state index contributed by atoms with van der Waals surface area (Å²) in [5, 5.41) is 17.1. The number of benzene rings is 1. The molecular formula is C23H30N4OS. The molecule has 1 aromatic heterocycles. The fourth-order valence-electron chi connectivity index (χ4n) is 4.21. The minimum absolute atomic E-state index is 0.0975. The number of hydrogen-bond donors (Lipinski definition) is 2. The van der Waals surface area contributed by atoms with Crippen molar-refractivity contribution in [2.45, 2.75) is 58.7 Å². The summed E-state index contributed by atoms with van der Waals surface area (Å²) in [6.45, 7) is 11.6. The van der Waals surface area contributed by atoms with Gasteiger partial charge in [-0.2, -0.15) is 5.26 Å². The van der Waals surface area contributed by atoms with Gasteiger partial charge in [0.1, 0.15) is 11.1 Å². The third-order valence-electron chi connectivity index (χ3n) is 5.20. The third-order valence-corrected chi connectivity index (χ3v) is 6.67. The van der Waals surface area contributed by atoms with E-state index in [1.54, 1.807) is 0 Å². The largest absolute Gasteiger partial charge is 0.315 e. The number of nitriles is 1. The van der Waals surface area contributed by atoms with Crippen LogP contribution >= 0.6 is 11.3 Å². The van der Waals surface area contributed by atoms with Gasteiger partial charge in [-0.1, -0.05) is 29.8 Å². The van der Waals surface area contributed by atoms with Crippen LogP contribution in [0.4, 0.5) is 5.00 Å². The molecule has 1 aliphatic heterocycles. The molecule has 0 atom stereocenters. The first-order chi connectivity index (χ1) is 13.5. The van der Waals surface area contributed by atoms with Gasteiger partial charge in [-0.25, -0.2) is 0 Å². The molecule has 2 heterocycles. The van der Waals surface area contributed by atoms with Crippen LogP contribution in [0, 0.1) is 18.3 Å². The van der Waals surface area contributed by atoms with Crippen molar-refractivity contribution >= 4 is 22.2 Å². The fourth-order valence-corrected chi connectivity index (χ4v) is 5.45. The number of nitrogens with one attached hydrogen (secondary N) is 2. The molecule has 3 rings (SSSR count). The average molecular weight is 411 g/mol. The lowest BCUT2D eigenvalue weighted by Crippen LogP contribution is -2.54. The Morgan fingerprint density at radius 1 is 1.28 bits per heavy atom. The van der Waals surface area contributed by atoms with E-state index in [0.717, 1.165) is 16.9 Å². The smallest absolute Gasteiger partial charge is 0.239 e.